The number of anilines is 1. The summed E-state index contributed by atoms with van der Waals surface area (Å²) in [5.41, 5.74) is 0.000170. The van der Waals surface area contributed by atoms with Crippen LogP contribution in [0.5, 0.6) is 0 Å². The van der Waals surface area contributed by atoms with Gasteiger partial charge in [-0.05, 0) is 36.4 Å². The van der Waals surface area contributed by atoms with Gasteiger partial charge < -0.3 is 4.52 Å². The fourth-order valence-corrected chi connectivity index (χ4v) is 3.76. The maximum atomic E-state index is 13.8. The molecule has 0 aliphatic carbocycles. The van der Waals surface area contributed by atoms with Gasteiger partial charge in [0.1, 0.15) is 4.90 Å². The van der Waals surface area contributed by atoms with E-state index in [2.05, 4.69) is 14.7 Å². The molecular formula is C15H7ClF5N3O3S. The molecule has 28 heavy (non-hydrogen) atoms. The lowest BCUT2D eigenvalue weighted by Gasteiger charge is -2.11. The van der Waals surface area contributed by atoms with E-state index in [9.17, 15) is 30.4 Å². The van der Waals surface area contributed by atoms with Crippen LogP contribution in [0.15, 0.2) is 45.8 Å². The van der Waals surface area contributed by atoms with Gasteiger partial charge in [0.05, 0.1) is 5.02 Å². The minimum Gasteiger partial charge on any atom is -0.329 e. The number of nitrogens with zero attached hydrogens (tertiary/aromatic N) is 2. The first-order valence-corrected chi connectivity index (χ1v) is 9.03. The highest BCUT2D eigenvalue weighted by atomic mass is 35.5. The molecule has 1 N–H and O–H groups in total. The second kappa shape index (κ2) is 7.02. The van der Waals surface area contributed by atoms with Crippen LogP contribution in [0.4, 0.5) is 27.6 Å². The summed E-state index contributed by atoms with van der Waals surface area (Å²) in [6.45, 7) is 0. The molecule has 13 heteroatoms. The fraction of sp³-hybridized carbons (Fsp3) is 0.0667. The fourth-order valence-electron chi connectivity index (χ4n) is 2.10. The smallest absolute Gasteiger partial charge is 0.329 e. The van der Waals surface area contributed by atoms with E-state index in [0.717, 1.165) is 18.2 Å². The van der Waals surface area contributed by atoms with Crippen molar-refractivity contribution >= 4 is 27.3 Å². The molecule has 0 bridgehead atoms. The number of alkyl halides is 3. The zero-order chi connectivity index (χ0) is 20.7. The first-order chi connectivity index (χ1) is 13.0. The number of benzene rings is 2. The van der Waals surface area contributed by atoms with E-state index in [1.165, 1.54) is 12.1 Å². The Hall–Kier alpha value is -2.73. The predicted molar refractivity (Wildman–Crippen MR) is 86.9 cm³/mol. The summed E-state index contributed by atoms with van der Waals surface area (Å²) < 4.78 is 95.3. The predicted octanol–water partition coefficient (Wildman–Crippen LogP) is 4.49. The van der Waals surface area contributed by atoms with Crippen LogP contribution in [0.1, 0.15) is 5.89 Å². The lowest BCUT2D eigenvalue weighted by molar-refractivity contribution is -0.159. The lowest BCUT2D eigenvalue weighted by atomic mass is 10.2. The maximum Gasteiger partial charge on any atom is 0.471 e. The first kappa shape index (κ1) is 20.0. The third kappa shape index (κ3) is 3.92. The molecule has 0 fully saturated rings. The third-order valence-corrected chi connectivity index (χ3v) is 5.20. The SMILES string of the molecule is O=S(=O)(Nc1ccc(-c2noc(C(F)(F)F)n2)cc1)c1c(Cl)ccc(F)c1F. The summed E-state index contributed by atoms with van der Waals surface area (Å²) in [5, 5.41) is 2.65. The van der Waals surface area contributed by atoms with E-state index < -0.39 is 43.6 Å². The molecule has 0 radical (unpaired) electrons. The number of hydrogen-bond acceptors (Lipinski definition) is 5. The molecule has 0 unspecified atom stereocenters. The van der Waals surface area contributed by atoms with Crippen molar-refractivity contribution < 1.29 is 34.9 Å². The summed E-state index contributed by atoms with van der Waals surface area (Å²) in [6, 6.07) is 6.26. The van der Waals surface area contributed by atoms with Crippen LogP contribution < -0.4 is 4.72 Å². The molecule has 0 atom stereocenters. The van der Waals surface area contributed by atoms with Crippen LogP contribution in [0, 0.1) is 11.6 Å². The monoisotopic (exact) mass is 439 g/mol. The van der Waals surface area contributed by atoms with Crippen molar-refractivity contribution in [2.75, 3.05) is 4.72 Å². The van der Waals surface area contributed by atoms with Crippen LogP contribution in [0.25, 0.3) is 11.4 Å². The average Bonchev–Trinajstić information content (AvgIpc) is 3.09. The van der Waals surface area contributed by atoms with E-state index in [-0.39, 0.29) is 17.1 Å². The highest BCUT2D eigenvalue weighted by molar-refractivity contribution is 7.92. The van der Waals surface area contributed by atoms with Crippen molar-refractivity contribution in [3.63, 3.8) is 0 Å². The summed E-state index contributed by atoms with van der Waals surface area (Å²) in [6.07, 6.45) is -4.81. The standard InChI is InChI=1S/C15H7ClF5N3O3S/c16-9-5-6-10(17)11(18)12(9)28(25,26)24-8-3-1-7(2-4-8)13-22-14(27-23-13)15(19,20)21/h1-6,24H. The summed E-state index contributed by atoms with van der Waals surface area (Å²) >= 11 is 5.65. The topological polar surface area (TPSA) is 85.1 Å². The minimum atomic E-state index is -4.81. The van der Waals surface area contributed by atoms with Crippen molar-refractivity contribution in [1.29, 1.82) is 0 Å². The molecule has 148 valence electrons. The zero-order valence-electron chi connectivity index (χ0n) is 13.3. The van der Waals surface area contributed by atoms with E-state index in [1.54, 1.807) is 0 Å². The van der Waals surface area contributed by atoms with Crippen molar-refractivity contribution in [1.82, 2.24) is 10.1 Å². The Balaban J connectivity index is 1.87. The van der Waals surface area contributed by atoms with Gasteiger partial charge in [0.2, 0.25) is 5.82 Å². The molecule has 2 aromatic carbocycles. The number of nitrogens with one attached hydrogen (secondary N) is 1. The Morgan fingerprint density at radius 1 is 1.04 bits per heavy atom. The zero-order valence-corrected chi connectivity index (χ0v) is 14.8. The molecule has 3 aromatic rings. The normalized spacial score (nSPS) is 12.2. The maximum absolute atomic E-state index is 13.8. The molecule has 0 spiro atoms. The number of halogens is 6. The second-order valence-electron chi connectivity index (χ2n) is 5.28. The Bertz CT molecular complexity index is 1130. The quantitative estimate of drug-likeness (QED) is 0.478. The van der Waals surface area contributed by atoms with Crippen LogP contribution in [0.3, 0.4) is 0 Å². The summed E-state index contributed by atoms with van der Waals surface area (Å²) in [7, 11) is -4.59. The van der Waals surface area contributed by atoms with Crippen LogP contribution >= 0.6 is 11.6 Å². The molecule has 3 rings (SSSR count). The average molecular weight is 440 g/mol. The van der Waals surface area contributed by atoms with Gasteiger partial charge >= 0.3 is 12.1 Å². The summed E-state index contributed by atoms with van der Waals surface area (Å²) in [4.78, 5) is 2.11. The van der Waals surface area contributed by atoms with Gasteiger partial charge in [-0.2, -0.15) is 18.2 Å². The van der Waals surface area contributed by atoms with E-state index in [1.807, 2.05) is 4.72 Å². The van der Waals surface area contributed by atoms with E-state index >= 15 is 0 Å². The Morgan fingerprint density at radius 2 is 1.68 bits per heavy atom. The van der Waals surface area contributed by atoms with Crippen molar-refractivity contribution in [2.24, 2.45) is 0 Å². The first-order valence-electron chi connectivity index (χ1n) is 7.17. The van der Waals surface area contributed by atoms with Crippen molar-refractivity contribution in [2.45, 2.75) is 11.1 Å². The molecule has 6 nitrogen and oxygen atoms in total. The molecule has 0 saturated heterocycles. The van der Waals surface area contributed by atoms with E-state index in [0.29, 0.717) is 6.07 Å². The van der Waals surface area contributed by atoms with Crippen LogP contribution in [0.2, 0.25) is 5.02 Å². The molecule has 0 aliphatic heterocycles. The Kier molecular flexibility index (Phi) is 5.02. The van der Waals surface area contributed by atoms with Crippen LogP contribution in [-0.2, 0) is 16.2 Å². The lowest BCUT2D eigenvalue weighted by Crippen LogP contribution is -2.16. The van der Waals surface area contributed by atoms with Crippen LogP contribution in [-0.4, -0.2) is 18.6 Å². The van der Waals surface area contributed by atoms with Crippen molar-refractivity contribution in [3.05, 3.63) is 58.9 Å². The van der Waals surface area contributed by atoms with Gasteiger partial charge in [0, 0.05) is 11.3 Å². The van der Waals surface area contributed by atoms with Gasteiger partial charge in [-0.15, -0.1) is 0 Å². The van der Waals surface area contributed by atoms with Gasteiger partial charge in [-0.3, -0.25) is 4.72 Å². The minimum absolute atomic E-state index is 0.0944. The highest BCUT2D eigenvalue weighted by Gasteiger charge is 2.38. The largest absolute Gasteiger partial charge is 0.471 e. The molecule has 0 saturated carbocycles. The third-order valence-electron chi connectivity index (χ3n) is 3.33. The van der Waals surface area contributed by atoms with E-state index in [4.69, 9.17) is 11.6 Å². The molecule has 1 aromatic heterocycles. The Morgan fingerprint density at radius 3 is 2.25 bits per heavy atom. The van der Waals surface area contributed by atoms with Gasteiger partial charge in [0.15, 0.2) is 11.6 Å². The molecule has 0 amide bonds. The van der Waals surface area contributed by atoms with Gasteiger partial charge in [-0.25, -0.2) is 17.2 Å². The van der Waals surface area contributed by atoms with Gasteiger partial charge in [-0.1, -0.05) is 16.8 Å². The highest BCUT2D eigenvalue weighted by Crippen LogP contribution is 2.31. The molecular weight excluding hydrogens is 433 g/mol. The number of aromatic nitrogens is 2. The molecule has 1 heterocycles. The molecule has 0 aliphatic rings. The van der Waals surface area contributed by atoms with Crippen molar-refractivity contribution in [3.8, 4) is 11.4 Å². The number of sulfonamides is 1. The number of hydrogen-bond donors (Lipinski definition) is 1. The number of rotatable bonds is 4. The Labute approximate surface area is 159 Å². The van der Waals surface area contributed by atoms with Gasteiger partial charge in [0.25, 0.3) is 10.0 Å². The summed E-state index contributed by atoms with van der Waals surface area (Å²) in [5.74, 6) is -4.97. The second-order valence-corrected chi connectivity index (χ2v) is 7.30.